The quantitative estimate of drug-likeness (QED) is 0.827. The van der Waals surface area contributed by atoms with E-state index in [9.17, 15) is 9.90 Å². The first-order valence-corrected chi connectivity index (χ1v) is 9.53. The number of methoxy groups -OCH3 is 1. The number of carbonyl (C=O) groups is 1. The second-order valence-electron chi connectivity index (χ2n) is 7.44. The van der Waals surface area contributed by atoms with Crippen molar-refractivity contribution in [1.29, 1.82) is 0 Å². The van der Waals surface area contributed by atoms with Gasteiger partial charge in [-0.25, -0.2) is 0 Å². The number of carboxylic acid groups (broad SMARTS) is 1. The monoisotopic (exact) mass is 383 g/mol. The van der Waals surface area contributed by atoms with Crippen LogP contribution in [-0.2, 0) is 11.2 Å². The molecule has 2 aromatic carbocycles. The number of carboxylic acids is 1. The number of ether oxygens (including phenoxy) is 3. The van der Waals surface area contributed by atoms with Gasteiger partial charge in [-0.3, -0.25) is 4.79 Å². The summed E-state index contributed by atoms with van der Waals surface area (Å²) in [4.78, 5) is 14.4. The van der Waals surface area contributed by atoms with E-state index in [1.54, 1.807) is 7.11 Å². The molecule has 4 rings (SSSR count). The van der Waals surface area contributed by atoms with Crippen molar-refractivity contribution >= 4 is 5.97 Å². The molecular formula is C22H25NO5. The van der Waals surface area contributed by atoms with Crippen LogP contribution in [-0.4, -0.2) is 49.5 Å². The molecule has 28 heavy (non-hydrogen) atoms. The van der Waals surface area contributed by atoms with Gasteiger partial charge in [-0.15, -0.1) is 0 Å². The molecular weight excluding hydrogens is 358 g/mol. The first-order valence-electron chi connectivity index (χ1n) is 9.53. The highest BCUT2D eigenvalue weighted by Gasteiger charge is 2.45. The third kappa shape index (κ3) is 3.40. The Kier molecular flexibility index (Phi) is 5.13. The van der Waals surface area contributed by atoms with E-state index in [4.69, 9.17) is 14.2 Å². The lowest BCUT2D eigenvalue weighted by Crippen LogP contribution is -2.34. The van der Waals surface area contributed by atoms with Gasteiger partial charge in [0.1, 0.15) is 5.75 Å². The Morgan fingerprint density at radius 2 is 2.00 bits per heavy atom. The number of nitrogens with zero attached hydrogens (tertiary/aromatic N) is 1. The molecule has 0 radical (unpaired) electrons. The van der Waals surface area contributed by atoms with E-state index < -0.39 is 11.9 Å². The number of hydrogen-bond donors (Lipinski definition) is 1. The highest BCUT2D eigenvalue weighted by molar-refractivity contribution is 5.73. The molecule has 0 spiro atoms. The lowest BCUT2D eigenvalue weighted by Gasteiger charge is -2.24. The fraction of sp³-hybridized carbons (Fsp3) is 0.409. The average Bonchev–Trinajstić information content (AvgIpc) is 3.30. The zero-order valence-electron chi connectivity index (χ0n) is 16.1. The minimum absolute atomic E-state index is 0.0437. The minimum Gasteiger partial charge on any atom is -0.496 e. The van der Waals surface area contributed by atoms with Crippen molar-refractivity contribution in [2.75, 3.05) is 27.5 Å². The molecule has 2 heterocycles. The Hall–Kier alpha value is -2.73. The highest BCUT2D eigenvalue weighted by Crippen LogP contribution is 2.42. The van der Waals surface area contributed by atoms with Crippen LogP contribution >= 0.6 is 0 Å². The van der Waals surface area contributed by atoms with Gasteiger partial charge in [0.2, 0.25) is 6.79 Å². The van der Waals surface area contributed by atoms with Crippen LogP contribution in [0.4, 0.5) is 0 Å². The van der Waals surface area contributed by atoms with Crippen molar-refractivity contribution < 1.29 is 24.1 Å². The SMILES string of the molecule is COc1ccccc1CC[C@H]1[C@H](C(=O)O)[C@@H](c2ccc3c(c2)OCO3)CN1C. The van der Waals surface area contributed by atoms with Crippen LogP contribution in [0.3, 0.4) is 0 Å². The molecule has 1 fully saturated rings. The van der Waals surface area contributed by atoms with Crippen LogP contribution < -0.4 is 14.2 Å². The smallest absolute Gasteiger partial charge is 0.308 e. The molecule has 0 amide bonds. The molecule has 6 nitrogen and oxygen atoms in total. The van der Waals surface area contributed by atoms with Crippen molar-refractivity contribution in [3.63, 3.8) is 0 Å². The van der Waals surface area contributed by atoms with Crippen molar-refractivity contribution in [3.8, 4) is 17.2 Å². The molecule has 2 aliphatic rings. The maximum atomic E-state index is 12.2. The number of aliphatic carboxylic acids is 1. The number of aryl methyl sites for hydroxylation is 1. The number of likely N-dealkylation sites (tertiary alicyclic amines) is 1. The first-order chi connectivity index (χ1) is 13.6. The standard InChI is InChI=1S/C22H25NO5/c1-23-12-16(15-8-10-19-20(11-15)28-13-27-19)21(22(24)25)17(23)9-7-14-5-3-4-6-18(14)26-2/h3-6,8,10-11,16-17,21H,7,9,12-13H2,1-2H3,(H,24,25)/t16-,17+,21-/m1/s1. The predicted molar refractivity (Wildman–Crippen MR) is 104 cm³/mol. The summed E-state index contributed by atoms with van der Waals surface area (Å²) in [5.41, 5.74) is 2.09. The van der Waals surface area contributed by atoms with E-state index in [-0.39, 0.29) is 18.8 Å². The Labute approximate surface area is 164 Å². The summed E-state index contributed by atoms with van der Waals surface area (Å²) in [6.07, 6.45) is 1.53. The average molecular weight is 383 g/mol. The summed E-state index contributed by atoms with van der Waals surface area (Å²) in [5.74, 6) is 0.954. The van der Waals surface area contributed by atoms with Gasteiger partial charge >= 0.3 is 5.97 Å². The molecule has 148 valence electrons. The molecule has 3 atom stereocenters. The Balaban J connectivity index is 1.55. The number of hydrogen-bond acceptors (Lipinski definition) is 5. The Bertz CT molecular complexity index is 868. The lowest BCUT2D eigenvalue weighted by molar-refractivity contribution is -0.143. The van der Waals surface area contributed by atoms with Gasteiger partial charge in [0.25, 0.3) is 0 Å². The van der Waals surface area contributed by atoms with Crippen molar-refractivity contribution in [1.82, 2.24) is 4.90 Å². The summed E-state index contributed by atoms with van der Waals surface area (Å²) in [7, 11) is 3.67. The molecule has 0 aliphatic carbocycles. The van der Waals surface area contributed by atoms with Crippen LogP contribution in [0.1, 0.15) is 23.5 Å². The van der Waals surface area contributed by atoms with E-state index in [0.29, 0.717) is 12.3 Å². The van der Waals surface area contributed by atoms with Gasteiger partial charge in [0.15, 0.2) is 11.5 Å². The largest absolute Gasteiger partial charge is 0.496 e. The fourth-order valence-electron chi connectivity index (χ4n) is 4.51. The summed E-state index contributed by atoms with van der Waals surface area (Å²) >= 11 is 0. The van der Waals surface area contributed by atoms with Crippen LogP contribution in [0.25, 0.3) is 0 Å². The highest BCUT2D eigenvalue weighted by atomic mass is 16.7. The second kappa shape index (κ2) is 7.72. The van der Waals surface area contributed by atoms with Crippen molar-refractivity contribution in [2.45, 2.75) is 24.8 Å². The maximum Gasteiger partial charge on any atom is 0.308 e. The molecule has 0 unspecified atom stereocenters. The zero-order chi connectivity index (χ0) is 19.7. The van der Waals surface area contributed by atoms with Gasteiger partial charge in [-0.05, 0) is 49.2 Å². The van der Waals surface area contributed by atoms with Gasteiger partial charge in [0, 0.05) is 18.5 Å². The molecule has 2 aromatic rings. The van der Waals surface area contributed by atoms with E-state index >= 15 is 0 Å². The van der Waals surface area contributed by atoms with Gasteiger partial charge in [-0.2, -0.15) is 0 Å². The van der Waals surface area contributed by atoms with Crippen molar-refractivity contribution in [2.24, 2.45) is 5.92 Å². The fourth-order valence-corrected chi connectivity index (χ4v) is 4.51. The summed E-state index contributed by atoms with van der Waals surface area (Å²) in [5, 5.41) is 10.0. The maximum absolute atomic E-state index is 12.2. The third-order valence-electron chi connectivity index (χ3n) is 5.91. The van der Waals surface area contributed by atoms with Crippen LogP contribution in [0.2, 0.25) is 0 Å². The topological polar surface area (TPSA) is 68.2 Å². The molecule has 1 N–H and O–H groups in total. The summed E-state index contributed by atoms with van der Waals surface area (Å²) in [6, 6.07) is 13.6. The second-order valence-corrected chi connectivity index (χ2v) is 7.44. The third-order valence-corrected chi connectivity index (χ3v) is 5.91. The van der Waals surface area contributed by atoms with E-state index in [0.717, 1.165) is 35.5 Å². The van der Waals surface area contributed by atoms with Gasteiger partial charge < -0.3 is 24.2 Å². The molecule has 0 saturated carbocycles. The predicted octanol–water partition coefficient (Wildman–Crippen LogP) is 3.16. The number of benzene rings is 2. The number of para-hydroxylation sites is 1. The van der Waals surface area contributed by atoms with Crippen LogP contribution in [0.5, 0.6) is 17.2 Å². The van der Waals surface area contributed by atoms with E-state index in [1.165, 1.54) is 0 Å². The minimum atomic E-state index is -0.753. The molecule has 2 aliphatic heterocycles. The molecule has 0 bridgehead atoms. The normalized spacial score (nSPS) is 23.7. The van der Waals surface area contributed by atoms with Crippen LogP contribution in [0.15, 0.2) is 42.5 Å². The lowest BCUT2D eigenvalue weighted by atomic mass is 9.83. The van der Waals surface area contributed by atoms with E-state index in [2.05, 4.69) is 4.90 Å². The Morgan fingerprint density at radius 3 is 2.79 bits per heavy atom. The molecule has 0 aromatic heterocycles. The van der Waals surface area contributed by atoms with Crippen molar-refractivity contribution in [3.05, 3.63) is 53.6 Å². The summed E-state index contributed by atoms with van der Waals surface area (Å²) in [6.45, 7) is 0.917. The Morgan fingerprint density at radius 1 is 1.21 bits per heavy atom. The van der Waals surface area contributed by atoms with Gasteiger partial charge in [-0.1, -0.05) is 24.3 Å². The van der Waals surface area contributed by atoms with E-state index in [1.807, 2.05) is 49.5 Å². The number of fused-ring (bicyclic) bond motifs is 1. The number of rotatable bonds is 6. The number of likely N-dealkylation sites (N-methyl/N-ethyl adjacent to an activating group) is 1. The zero-order valence-corrected chi connectivity index (χ0v) is 16.1. The first kappa shape index (κ1) is 18.6. The van der Waals surface area contributed by atoms with Gasteiger partial charge in [0.05, 0.1) is 13.0 Å². The van der Waals surface area contributed by atoms with Crippen LogP contribution in [0, 0.1) is 5.92 Å². The summed E-state index contributed by atoms with van der Waals surface area (Å²) < 4.78 is 16.3. The molecule has 6 heteroatoms. The molecule has 1 saturated heterocycles.